The molecule has 5 N–H and O–H groups in total. The summed E-state index contributed by atoms with van der Waals surface area (Å²) in [5.41, 5.74) is 5.33. The van der Waals surface area contributed by atoms with Crippen molar-refractivity contribution < 1.29 is 28.4 Å². The minimum absolute atomic E-state index is 0.0806. The number of aliphatic hydroxyl groups excluding tert-OH is 1. The molecule has 0 aliphatic carbocycles. The molecule has 244 valence electrons. The quantitative estimate of drug-likeness (QED) is 0.0357. The molecule has 0 saturated heterocycles. The average molecular weight is 605 g/mol. The molecule has 0 rings (SSSR count). The van der Waals surface area contributed by atoms with E-state index in [0.717, 1.165) is 38.5 Å². The van der Waals surface area contributed by atoms with Crippen LogP contribution in [0.4, 0.5) is 0 Å². The van der Waals surface area contributed by atoms with Gasteiger partial charge in [-0.1, -0.05) is 142 Å². The molecule has 0 spiro atoms. The molecule has 41 heavy (non-hydrogen) atoms. The third-order valence-electron chi connectivity index (χ3n) is 7.36. The highest BCUT2D eigenvalue weighted by Crippen LogP contribution is 2.43. The molecule has 0 aliphatic heterocycles. The van der Waals surface area contributed by atoms with Crippen LogP contribution >= 0.6 is 7.82 Å². The number of allylic oxidation sites excluding steroid dienone is 1. The highest BCUT2D eigenvalue weighted by atomic mass is 31.2. The van der Waals surface area contributed by atoms with Gasteiger partial charge in [0.05, 0.1) is 25.4 Å². The number of carbonyl (C=O) groups is 1. The maximum absolute atomic E-state index is 12.6. The number of rotatable bonds is 31. The standard InChI is InChI=1S/C32H65N2O6P/c1-3-5-7-9-11-13-14-15-16-18-19-21-23-25-31(35)30(29-40-41(37,38)39-28-27-33)34-32(36)26-24-22-20-17-12-10-8-6-4-2/h23,25,30-31,35H,3-22,24,26-29,33H2,1-2H3,(H,34,36)(H,37,38)/b25-23+/t30-,31+/m0/s1. The summed E-state index contributed by atoms with van der Waals surface area (Å²) in [5, 5.41) is 13.5. The molecule has 0 aromatic carbocycles. The fraction of sp³-hybridized carbons (Fsp3) is 0.906. The highest BCUT2D eigenvalue weighted by Gasteiger charge is 2.26. The van der Waals surface area contributed by atoms with E-state index in [2.05, 4.69) is 19.2 Å². The Kier molecular flexibility index (Phi) is 28.8. The van der Waals surface area contributed by atoms with Crippen LogP contribution < -0.4 is 11.1 Å². The number of aliphatic hydroxyl groups is 1. The number of unbranched alkanes of at least 4 members (excludes halogenated alkanes) is 19. The third kappa shape index (κ3) is 27.8. The smallest absolute Gasteiger partial charge is 0.387 e. The number of nitrogens with one attached hydrogen (secondary N) is 1. The molecule has 0 saturated carbocycles. The second kappa shape index (κ2) is 29.3. The topological polar surface area (TPSA) is 131 Å². The molecule has 0 aromatic rings. The van der Waals surface area contributed by atoms with Crippen molar-refractivity contribution in [2.45, 2.75) is 167 Å². The average Bonchev–Trinajstić information content (AvgIpc) is 2.95. The summed E-state index contributed by atoms with van der Waals surface area (Å²) in [6, 6.07) is -0.850. The monoisotopic (exact) mass is 604 g/mol. The van der Waals surface area contributed by atoms with E-state index in [4.69, 9.17) is 14.8 Å². The van der Waals surface area contributed by atoms with Gasteiger partial charge in [0.15, 0.2) is 0 Å². The molecule has 8 nitrogen and oxygen atoms in total. The zero-order valence-corrected chi connectivity index (χ0v) is 27.4. The van der Waals surface area contributed by atoms with Gasteiger partial charge in [0.25, 0.3) is 0 Å². The molecule has 1 amide bonds. The van der Waals surface area contributed by atoms with Gasteiger partial charge >= 0.3 is 7.82 Å². The predicted molar refractivity (Wildman–Crippen MR) is 171 cm³/mol. The molecule has 0 radical (unpaired) electrons. The van der Waals surface area contributed by atoms with Gasteiger partial charge in [-0.15, -0.1) is 0 Å². The largest absolute Gasteiger partial charge is 0.472 e. The lowest BCUT2D eigenvalue weighted by molar-refractivity contribution is -0.123. The second-order valence-corrected chi connectivity index (χ2v) is 12.8. The molecule has 3 atom stereocenters. The maximum atomic E-state index is 12.6. The van der Waals surface area contributed by atoms with E-state index in [0.29, 0.717) is 6.42 Å². The van der Waals surface area contributed by atoms with Crippen LogP contribution in [0.1, 0.15) is 155 Å². The van der Waals surface area contributed by atoms with Crippen molar-refractivity contribution in [1.82, 2.24) is 5.32 Å². The minimum Gasteiger partial charge on any atom is -0.387 e. The Balaban J connectivity index is 4.40. The van der Waals surface area contributed by atoms with E-state index < -0.39 is 20.0 Å². The Morgan fingerprint density at radius 3 is 1.73 bits per heavy atom. The maximum Gasteiger partial charge on any atom is 0.472 e. The van der Waals surface area contributed by atoms with E-state index in [1.807, 2.05) is 6.08 Å². The highest BCUT2D eigenvalue weighted by molar-refractivity contribution is 7.47. The summed E-state index contributed by atoms with van der Waals surface area (Å²) < 4.78 is 21.9. The van der Waals surface area contributed by atoms with E-state index in [-0.39, 0.29) is 25.7 Å². The van der Waals surface area contributed by atoms with Crippen molar-refractivity contribution >= 4 is 13.7 Å². The molecule has 0 fully saturated rings. The molecule has 0 aliphatic rings. The van der Waals surface area contributed by atoms with Gasteiger partial charge in [-0.05, 0) is 19.3 Å². The SMILES string of the molecule is CCCCCCCCCCCCC/C=C/[C@@H](O)[C@H](COP(=O)(O)OCCN)NC(=O)CCCCCCCCCCC. The molecule has 0 bridgehead atoms. The van der Waals surface area contributed by atoms with Crippen molar-refractivity contribution in [2.24, 2.45) is 5.73 Å². The van der Waals surface area contributed by atoms with Crippen molar-refractivity contribution in [2.75, 3.05) is 19.8 Å². The van der Waals surface area contributed by atoms with E-state index in [1.54, 1.807) is 6.08 Å². The van der Waals surface area contributed by atoms with Crippen LogP contribution in [0.2, 0.25) is 0 Å². The Labute approximate surface area is 252 Å². The number of nitrogens with two attached hydrogens (primary N) is 1. The van der Waals surface area contributed by atoms with Crippen LogP contribution in [-0.2, 0) is 18.4 Å². The van der Waals surface area contributed by atoms with Crippen LogP contribution in [0.5, 0.6) is 0 Å². The van der Waals surface area contributed by atoms with Crippen molar-refractivity contribution in [3.8, 4) is 0 Å². The molecule has 1 unspecified atom stereocenters. The molecule has 0 heterocycles. The first-order valence-electron chi connectivity index (χ1n) is 16.8. The lowest BCUT2D eigenvalue weighted by atomic mass is 10.0. The molecule has 0 aromatic heterocycles. The Hall–Kier alpha value is -0.760. The summed E-state index contributed by atoms with van der Waals surface area (Å²) in [7, 11) is -4.32. The number of phosphoric acid groups is 1. The lowest BCUT2D eigenvalue weighted by Gasteiger charge is -2.23. The first-order valence-corrected chi connectivity index (χ1v) is 18.3. The molecule has 9 heteroatoms. The minimum atomic E-state index is -4.32. The summed E-state index contributed by atoms with van der Waals surface area (Å²) in [6.07, 6.45) is 28.3. The summed E-state index contributed by atoms with van der Waals surface area (Å²) in [5.74, 6) is -0.199. The zero-order valence-electron chi connectivity index (χ0n) is 26.5. The van der Waals surface area contributed by atoms with Gasteiger partial charge in [-0.25, -0.2) is 4.57 Å². The normalized spacial score (nSPS) is 14.8. The lowest BCUT2D eigenvalue weighted by Crippen LogP contribution is -2.45. The second-order valence-electron chi connectivity index (χ2n) is 11.4. The van der Waals surface area contributed by atoms with Crippen LogP contribution in [0.25, 0.3) is 0 Å². The van der Waals surface area contributed by atoms with Gasteiger partial charge < -0.3 is 21.1 Å². The fourth-order valence-electron chi connectivity index (χ4n) is 4.78. The number of carbonyl (C=O) groups excluding carboxylic acids is 1. The van der Waals surface area contributed by atoms with Crippen LogP contribution in [0, 0.1) is 0 Å². The Morgan fingerprint density at radius 1 is 0.780 bits per heavy atom. The Morgan fingerprint density at radius 2 is 1.24 bits per heavy atom. The Bertz CT molecular complexity index is 664. The van der Waals surface area contributed by atoms with Crippen LogP contribution in [0.3, 0.4) is 0 Å². The van der Waals surface area contributed by atoms with E-state index in [9.17, 15) is 19.4 Å². The van der Waals surface area contributed by atoms with Crippen molar-refractivity contribution in [3.63, 3.8) is 0 Å². The summed E-state index contributed by atoms with van der Waals surface area (Å²) in [6.45, 7) is 4.08. The van der Waals surface area contributed by atoms with E-state index in [1.165, 1.54) is 96.3 Å². The van der Waals surface area contributed by atoms with Crippen molar-refractivity contribution in [3.05, 3.63) is 12.2 Å². The molecular formula is C32H65N2O6P. The van der Waals surface area contributed by atoms with Gasteiger partial charge in [0.2, 0.25) is 5.91 Å². The van der Waals surface area contributed by atoms with E-state index >= 15 is 0 Å². The third-order valence-corrected chi connectivity index (χ3v) is 8.35. The summed E-state index contributed by atoms with van der Waals surface area (Å²) >= 11 is 0. The molecular weight excluding hydrogens is 539 g/mol. The van der Waals surface area contributed by atoms with Gasteiger partial charge in [-0.2, -0.15) is 0 Å². The number of phosphoric ester groups is 1. The first kappa shape index (κ1) is 40.2. The predicted octanol–water partition coefficient (Wildman–Crippen LogP) is 8.10. The van der Waals surface area contributed by atoms with Crippen LogP contribution in [0.15, 0.2) is 12.2 Å². The van der Waals surface area contributed by atoms with Gasteiger partial charge in [0.1, 0.15) is 0 Å². The zero-order chi connectivity index (χ0) is 30.4. The first-order chi connectivity index (χ1) is 19.9. The number of hydrogen-bond acceptors (Lipinski definition) is 6. The van der Waals surface area contributed by atoms with Crippen LogP contribution in [-0.4, -0.2) is 47.8 Å². The van der Waals surface area contributed by atoms with Crippen molar-refractivity contribution in [1.29, 1.82) is 0 Å². The van der Waals surface area contributed by atoms with Gasteiger partial charge in [-0.3, -0.25) is 13.8 Å². The number of amides is 1. The fourth-order valence-corrected chi connectivity index (χ4v) is 5.54. The van der Waals surface area contributed by atoms with Gasteiger partial charge in [0, 0.05) is 13.0 Å². The number of hydrogen-bond donors (Lipinski definition) is 4. The summed E-state index contributed by atoms with van der Waals surface area (Å²) in [4.78, 5) is 22.4.